The number of nitrogens with zero attached hydrogens (tertiary/aromatic N) is 3. The van der Waals surface area contributed by atoms with Gasteiger partial charge in [0.2, 0.25) is 0 Å². The minimum absolute atomic E-state index is 0.0715. The topological polar surface area (TPSA) is 48.5 Å². The lowest BCUT2D eigenvalue weighted by Gasteiger charge is -2.36. The van der Waals surface area contributed by atoms with E-state index in [1.807, 2.05) is 32.0 Å². The summed E-state index contributed by atoms with van der Waals surface area (Å²) in [6.07, 6.45) is 0. The van der Waals surface area contributed by atoms with Gasteiger partial charge in [-0.05, 0) is 32.5 Å². The number of benzene rings is 1. The number of hydrogen-bond donors (Lipinski definition) is 1. The lowest BCUT2D eigenvalue weighted by atomic mass is 10.2. The van der Waals surface area contributed by atoms with Crippen LogP contribution in [0.2, 0.25) is 0 Å². The maximum atomic E-state index is 12.6. The Labute approximate surface area is 147 Å². The van der Waals surface area contributed by atoms with Crippen molar-refractivity contribution in [3.05, 3.63) is 39.8 Å². The Bertz CT molecular complexity index is 720. The molecule has 1 aromatic heterocycles. The van der Waals surface area contributed by atoms with Gasteiger partial charge >= 0.3 is 0 Å². The Hall–Kier alpha value is -1.92. The van der Waals surface area contributed by atoms with Crippen molar-refractivity contribution >= 4 is 28.6 Å². The van der Waals surface area contributed by atoms with Gasteiger partial charge in [0.05, 0.1) is 22.1 Å². The fourth-order valence-corrected chi connectivity index (χ4v) is 3.90. The van der Waals surface area contributed by atoms with Crippen LogP contribution < -0.4 is 10.2 Å². The molecule has 1 fully saturated rings. The second kappa shape index (κ2) is 7.32. The van der Waals surface area contributed by atoms with Crippen LogP contribution in [-0.4, -0.2) is 48.5 Å². The molecule has 0 unspecified atom stereocenters. The largest absolute Gasteiger partial charge is 0.367 e. The number of carbonyl (C=O) groups is 1. The van der Waals surface area contributed by atoms with Crippen molar-refractivity contribution < 1.29 is 4.79 Å². The Balaban J connectivity index is 1.77. The molecule has 0 aliphatic carbocycles. The summed E-state index contributed by atoms with van der Waals surface area (Å²) in [5.74, 6) is -0.0715. The van der Waals surface area contributed by atoms with E-state index in [0.29, 0.717) is 4.88 Å². The van der Waals surface area contributed by atoms with Crippen molar-refractivity contribution in [3.63, 3.8) is 0 Å². The highest BCUT2D eigenvalue weighted by atomic mass is 32.1. The molecule has 128 valence electrons. The van der Waals surface area contributed by atoms with Crippen molar-refractivity contribution in [2.45, 2.75) is 20.8 Å². The fourth-order valence-electron chi connectivity index (χ4n) is 3.08. The molecular weight excluding hydrogens is 320 g/mol. The molecule has 2 heterocycles. The number of anilines is 2. The molecule has 1 aliphatic heterocycles. The lowest BCUT2D eigenvalue weighted by Crippen LogP contribution is -2.46. The molecule has 1 aromatic carbocycles. The van der Waals surface area contributed by atoms with E-state index in [4.69, 9.17) is 0 Å². The van der Waals surface area contributed by atoms with Gasteiger partial charge < -0.3 is 15.1 Å². The number of carbonyl (C=O) groups excluding carboxylic acids is 1. The van der Waals surface area contributed by atoms with Crippen LogP contribution in [-0.2, 0) is 0 Å². The number of thiazole rings is 1. The van der Waals surface area contributed by atoms with Gasteiger partial charge in [-0.3, -0.25) is 4.79 Å². The van der Waals surface area contributed by atoms with Crippen molar-refractivity contribution in [2.75, 3.05) is 42.9 Å². The van der Waals surface area contributed by atoms with Gasteiger partial charge in [-0.2, -0.15) is 0 Å². The van der Waals surface area contributed by atoms with Crippen molar-refractivity contribution in [3.8, 4) is 0 Å². The summed E-state index contributed by atoms with van der Waals surface area (Å²) in [7, 11) is 0. The minimum atomic E-state index is -0.0715. The first kappa shape index (κ1) is 16.9. The predicted molar refractivity (Wildman–Crippen MR) is 100 cm³/mol. The third-order valence-corrected chi connectivity index (χ3v) is 5.49. The summed E-state index contributed by atoms with van der Waals surface area (Å²) in [6, 6.07) is 8.05. The SMILES string of the molecule is CCN1CCN(c2ccccc2NC(=O)c2sc(C)nc2C)CC1. The summed E-state index contributed by atoms with van der Waals surface area (Å²) >= 11 is 1.44. The van der Waals surface area contributed by atoms with Gasteiger partial charge in [0.15, 0.2) is 0 Å². The normalized spacial score (nSPS) is 15.5. The zero-order valence-corrected chi connectivity index (χ0v) is 15.3. The molecule has 0 bridgehead atoms. The quantitative estimate of drug-likeness (QED) is 0.926. The first-order valence-corrected chi connectivity index (χ1v) is 9.22. The van der Waals surface area contributed by atoms with E-state index < -0.39 is 0 Å². The number of likely N-dealkylation sites (N-methyl/N-ethyl adjacent to an activating group) is 1. The number of rotatable bonds is 4. The standard InChI is InChI=1S/C18H24N4OS/c1-4-21-9-11-22(12-10-21)16-8-6-5-7-15(16)20-18(23)17-13(2)19-14(3)24-17/h5-8H,4,9-12H2,1-3H3,(H,20,23). The number of hydrogen-bond acceptors (Lipinski definition) is 5. The van der Waals surface area contributed by atoms with E-state index in [-0.39, 0.29) is 5.91 Å². The van der Waals surface area contributed by atoms with Crippen molar-refractivity contribution in [1.29, 1.82) is 0 Å². The number of aromatic nitrogens is 1. The molecule has 1 saturated heterocycles. The van der Waals surface area contributed by atoms with Gasteiger partial charge in [0.25, 0.3) is 5.91 Å². The summed E-state index contributed by atoms with van der Waals surface area (Å²) < 4.78 is 0. The van der Waals surface area contributed by atoms with Crippen LogP contribution in [0.1, 0.15) is 27.3 Å². The molecule has 6 heteroatoms. The Morgan fingerprint density at radius 3 is 2.54 bits per heavy atom. The summed E-state index contributed by atoms with van der Waals surface area (Å²) in [4.78, 5) is 22.5. The van der Waals surface area contributed by atoms with Crippen molar-refractivity contribution in [1.82, 2.24) is 9.88 Å². The molecule has 3 rings (SSSR count). The molecule has 1 N–H and O–H groups in total. The second-order valence-electron chi connectivity index (χ2n) is 6.04. The first-order valence-electron chi connectivity index (χ1n) is 8.40. The Morgan fingerprint density at radius 2 is 1.92 bits per heavy atom. The molecule has 0 spiro atoms. The van der Waals surface area contributed by atoms with Crippen LogP contribution in [0, 0.1) is 13.8 Å². The minimum Gasteiger partial charge on any atom is -0.367 e. The van der Waals surface area contributed by atoms with E-state index in [2.05, 4.69) is 33.1 Å². The molecule has 1 amide bonds. The van der Waals surface area contributed by atoms with Crippen LogP contribution in [0.4, 0.5) is 11.4 Å². The molecular formula is C18H24N4OS. The maximum Gasteiger partial charge on any atom is 0.267 e. The van der Waals surface area contributed by atoms with Crippen LogP contribution in [0.15, 0.2) is 24.3 Å². The van der Waals surface area contributed by atoms with Crippen LogP contribution in [0.5, 0.6) is 0 Å². The van der Waals surface area contributed by atoms with E-state index in [1.165, 1.54) is 11.3 Å². The zero-order valence-electron chi connectivity index (χ0n) is 14.5. The molecule has 0 saturated carbocycles. The maximum absolute atomic E-state index is 12.6. The van der Waals surface area contributed by atoms with Gasteiger partial charge in [0.1, 0.15) is 4.88 Å². The number of para-hydroxylation sites is 2. The first-order chi connectivity index (χ1) is 11.6. The van der Waals surface area contributed by atoms with Crippen molar-refractivity contribution in [2.24, 2.45) is 0 Å². The van der Waals surface area contributed by atoms with E-state index >= 15 is 0 Å². The average Bonchev–Trinajstić information content (AvgIpc) is 2.94. The molecule has 2 aromatic rings. The number of amides is 1. The molecule has 5 nitrogen and oxygen atoms in total. The van der Waals surface area contributed by atoms with Gasteiger partial charge in [-0.25, -0.2) is 4.98 Å². The highest BCUT2D eigenvalue weighted by Gasteiger charge is 2.20. The van der Waals surface area contributed by atoms with Crippen LogP contribution in [0.25, 0.3) is 0 Å². The lowest BCUT2D eigenvalue weighted by molar-refractivity contribution is 0.103. The molecule has 1 aliphatic rings. The van der Waals surface area contributed by atoms with Gasteiger partial charge in [-0.1, -0.05) is 19.1 Å². The average molecular weight is 344 g/mol. The van der Waals surface area contributed by atoms with Gasteiger partial charge in [0, 0.05) is 26.2 Å². The smallest absolute Gasteiger partial charge is 0.267 e. The number of aryl methyl sites for hydroxylation is 2. The third-order valence-electron chi connectivity index (χ3n) is 4.42. The summed E-state index contributed by atoms with van der Waals surface area (Å²) in [5.41, 5.74) is 2.77. The van der Waals surface area contributed by atoms with E-state index in [0.717, 1.165) is 54.8 Å². The summed E-state index contributed by atoms with van der Waals surface area (Å²) in [5, 5.41) is 4.00. The zero-order chi connectivity index (χ0) is 17.1. The molecule has 24 heavy (non-hydrogen) atoms. The fraction of sp³-hybridized carbons (Fsp3) is 0.444. The molecule has 0 radical (unpaired) electrons. The third kappa shape index (κ3) is 3.60. The van der Waals surface area contributed by atoms with Crippen LogP contribution >= 0.6 is 11.3 Å². The summed E-state index contributed by atoms with van der Waals surface area (Å²) in [6.45, 7) is 11.2. The van der Waals surface area contributed by atoms with Crippen LogP contribution in [0.3, 0.4) is 0 Å². The highest BCUT2D eigenvalue weighted by molar-refractivity contribution is 7.13. The van der Waals surface area contributed by atoms with E-state index in [9.17, 15) is 4.79 Å². The Kier molecular flexibility index (Phi) is 5.16. The highest BCUT2D eigenvalue weighted by Crippen LogP contribution is 2.28. The molecule has 0 atom stereocenters. The predicted octanol–water partition coefficient (Wildman–Crippen LogP) is 3.15. The van der Waals surface area contributed by atoms with Gasteiger partial charge in [-0.15, -0.1) is 11.3 Å². The van der Waals surface area contributed by atoms with E-state index in [1.54, 1.807) is 0 Å². The second-order valence-corrected chi connectivity index (χ2v) is 7.24. The monoisotopic (exact) mass is 344 g/mol. The number of nitrogens with one attached hydrogen (secondary N) is 1. The number of piperazine rings is 1. The Morgan fingerprint density at radius 1 is 1.21 bits per heavy atom.